The molecular formula is C25H33N3O3. The van der Waals surface area contributed by atoms with Crippen molar-refractivity contribution >= 4 is 11.8 Å². The molecule has 31 heavy (non-hydrogen) atoms. The summed E-state index contributed by atoms with van der Waals surface area (Å²) in [4.78, 5) is 31.0. The summed E-state index contributed by atoms with van der Waals surface area (Å²) < 4.78 is 6.01. The van der Waals surface area contributed by atoms with Crippen LogP contribution in [0.25, 0.3) is 0 Å². The van der Waals surface area contributed by atoms with Gasteiger partial charge in [-0.1, -0.05) is 49.4 Å². The summed E-state index contributed by atoms with van der Waals surface area (Å²) in [5, 5.41) is 0. The van der Waals surface area contributed by atoms with Crippen LogP contribution in [0.4, 0.5) is 0 Å². The monoisotopic (exact) mass is 423 g/mol. The average Bonchev–Trinajstić information content (AvgIpc) is 2.79. The highest BCUT2D eigenvalue weighted by Crippen LogP contribution is 2.28. The highest BCUT2D eigenvalue weighted by atomic mass is 16.5. The van der Waals surface area contributed by atoms with E-state index >= 15 is 0 Å². The third-order valence-corrected chi connectivity index (χ3v) is 5.62. The molecule has 0 radical (unpaired) electrons. The normalized spacial score (nSPS) is 13.1. The lowest BCUT2D eigenvalue weighted by Gasteiger charge is -2.30. The van der Waals surface area contributed by atoms with Crippen LogP contribution >= 0.6 is 0 Å². The molecule has 6 heteroatoms. The Hall–Kier alpha value is -2.86. The number of carbonyl (C=O) groups is 2. The number of nitrogens with zero attached hydrogens (tertiary/aromatic N) is 3. The Morgan fingerprint density at radius 1 is 1.03 bits per heavy atom. The molecule has 3 rings (SSSR count). The third kappa shape index (κ3) is 6.31. The molecule has 0 fully saturated rings. The topological polar surface area (TPSA) is 53.1 Å². The largest absolute Gasteiger partial charge is 0.483 e. The van der Waals surface area contributed by atoms with Crippen molar-refractivity contribution in [2.75, 3.05) is 40.3 Å². The number of rotatable bonds is 9. The Bertz CT molecular complexity index is 883. The fourth-order valence-corrected chi connectivity index (χ4v) is 3.77. The van der Waals surface area contributed by atoms with E-state index in [9.17, 15) is 9.59 Å². The van der Waals surface area contributed by atoms with Crippen LogP contribution in [0.1, 0.15) is 30.0 Å². The van der Waals surface area contributed by atoms with Crippen LogP contribution in [-0.4, -0.2) is 66.9 Å². The van der Waals surface area contributed by atoms with Crippen molar-refractivity contribution in [3.05, 3.63) is 65.2 Å². The van der Waals surface area contributed by atoms with Gasteiger partial charge in [-0.2, -0.15) is 0 Å². The quantitative estimate of drug-likeness (QED) is 0.622. The van der Waals surface area contributed by atoms with Crippen molar-refractivity contribution in [3.8, 4) is 5.75 Å². The van der Waals surface area contributed by atoms with Crippen LogP contribution in [-0.2, 0) is 29.1 Å². The Morgan fingerprint density at radius 3 is 2.52 bits per heavy atom. The van der Waals surface area contributed by atoms with Gasteiger partial charge in [0.25, 0.3) is 5.91 Å². The Morgan fingerprint density at radius 2 is 1.81 bits per heavy atom. The predicted molar refractivity (Wildman–Crippen MR) is 122 cm³/mol. The zero-order valence-corrected chi connectivity index (χ0v) is 18.8. The number of amides is 2. The molecule has 0 unspecified atom stereocenters. The number of carbonyl (C=O) groups excluding carboxylic acids is 2. The van der Waals surface area contributed by atoms with E-state index in [1.165, 1.54) is 5.56 Å². The lowest BCUT2D eigenvalue weighted by Crippen LogP contribution is -2.39. The number of hydrogen-bond acceptors (Lipinski definition) is 4. The minimum atomic E-state index is -0.0411. The van der Waals surface area contributed by atoms with Crippen LogP contribution in [0.3, 0.4) is 0 Å². The van der Waals surface area contributed by atoms with Gasteiger partial charge in [0, 0.05) is 44.7 Å². The van der Waals surface area contributed by atoms with Gasteiger partial charge in [-0.15, -0.1) is 0 Å². The zero-order chi connectivity index (χ0) is 22.2. The van der Waals surface area contributed by atoms with E-state index < -0.39 is 0 Å². The number of hydrogen-bond donors (Lipinski definition) is 0. The molecule has 1 heterocycles. The zero-order valence-electron chi connectivity index (χ0n) is 18.8. The summed E-state index contributed by atoms with van der Waals surface area (Å²) in [6, 6.07) is 15.9. The maximum absolute atomic E-state index is 13.0. The summed E-state index contributed by atoms with van der Waals surface area (Å²) in [5.41, 5.74) is 3.31. The molecule has 2 aromatic rings. The van der Waals surface area contributed by atoms with E-state index in [2.05, 4.69) is 11.0 Å². The van der Waals surface area contributed by atoms with Crippen LogP contribution in [0.5, 0.6) is 5.75 Å². The molecule has 1 aliphatic rings. The second-order valence-electron chi connectivity index (χ2n) is 8.21. The molecule has 2 amide bonds. The lowest BCUT2D eigenvalue weighted by molar-refractivity contribution is -0.134. The van der Waals surface area contributed by atoms with Crippen molar-refractivity contribution < 1.29 is 14.3 Å². The third-order valence-electron chi connectivity index (χ3n) is 5.62. The highest BCUT2D eigenvalue weighted by molar-refractivity contribution is 5.78. The summed E-state index contributed by atoms with van der Waals surface area (Å²) in [6.45, 7) is 5.12. The van der Waals surface area contributed by atoms with E-state index in [0.717, 1.165) is 30.6 Å². The summed E-state index contributed by atoms with van der Waals surface area (Å²) >= 11 is 0. The van der Waals surface area contributed by atoms with Crippen LogP contribution in [0.15, 0.2) is 48.5 Å². The summed E-state index contributed by atoms with van der Waals surface area (Å²) in [6.07, 6.45) is 1.31. The van der Waals surface area contributed by atoms with E-state index in [1.54, 1.807) is 0 Å². The Balaban J connectivity index is 1.68. The molecule has 0 spiro atoms. The first-order chi connectivity index (χ1) is 15.0. The molecule has 0 aliphatic carbocycles. The maximum atomic E-state index is 13.0. The molecule has 0 atom stereocenters. The maximum Gasteiger partial charge on any atom is 0.260 e. The van der Waals surface area contributed by atoms with E-state index in [-0.39, 0.29) is 18.4 Å². The first-order valence-corrected chi connectivity index (χ1v) is 11.0. The van der Waals surface area contributed by atoms with Gasteiger partial charge in [0.1, 0.15) is 5.75 Å². The van der Waals surface area contributed by atoms with Gasteiger partial charge in [0.05, 0.1) is 0 Å². The first kappa shape index (κ1) is 22.8. The highest BCUT2D eigenvalue weighted by Gasteiger charge is 2.23. The molecule has 0 saturated heterocycles. The molecule has 1 aliphatic heterocycles. The standard InChI is InChI=1S/C25H33N3O3/c1-4-24(29)27-14-13-21-11-8-12-23(22(21)18-27)31-19-25(30)28(16-15-26(2)3)17-20-9-6-5-7-10-20/h5-12H,4,13-19H2,1-3H3. The minimum Gasteiger partial charge on any atom is -0.483 e. The van der Waals surface area contributed by atoms with Crippen molar-refractivity contribution in [3.63, 3.8) is 0 Å². The number of ether oxygens (including phenoxy) is 1. The smallest absolute Gasteiger partial charge is 0.260 e. The first-order valence-electron chi connectivity index (χ1n) is 11.0. The SMILES string of the molecule is CCC(=O)N1CCc2cccc(OCC(=O)N(CCN(C)C)Cc3ccccc3)c2C1. The second-order valence-corrected chi connectivity index (χ2v) is 8.21. The van der Waals surface area contributed by atoms with Gasteiger partial charge in [-0.25, -0.2) is 0 Å². The van der Waals surface area contributed by atoms with Crippen LogP contribution in [0.2, 0.25) is 0 Å². The molecule has 6 nitrogen and oxygen atoms in total. The second kappa shape index (κ2) is 11.0. The summed E-state index contributed by atoms with van der Waals surface area (Å²) in [7, 11) is 4.00. The van der Waals surface area contributed by atoms with Crippen molar-refractivity contribution in [1.29, 1.82) is 0 Å². The van der Waals surface area contributed by atoms with Crippen molar-refractivity contribution in [1.82, 2.24) is 14.7 Å². The van der Waals surface area contributed by atoms with Gasteiger partial charge < -0.3 is 19.4 Å². The lowest BCUT2D eigenvalue weighted by atomic mass is 9.98. The predicted octanol–water partition coefficient (Wildman–Crippen LogP) is 2.95. The summed E-state index contributed by atoms with van der Waals surface area (Å²) in [5.74, 6) is 0.807. The van der Waals surface area contributed by atoms with E-state index in [4.69, 9.17) is 4.74 Å². The van der Waals surface area contributed by atoms with Crippen LogP contribution in [0, 0.1) is 0 Å². The number of likely N-dealkylation sites (N-methyl/N-ethyl adjacent to an activating group) is 1. The van der Waals surface area contributed by atoms with E-state index in [1.807, 2.05) is 73.3 Å². The van der Waals surface area contributed by atoms with Gasteiger partial charge in [0.2, 0.25) is 5.91 Å². The number of benzene rings is 2. The van der Waals surface area contributed by atoms with Crippen LogP contribution < -0.4 is 4.74 Å². The molecule has 2 aromatic carbocycles. The van der Waals surface area contributed by atoms with Gasteiger partial charge in [-0.05, 0) is 37.7 Å². The average molecular weight is 424 g/mol. The molecule has 0 saturated carbocycles. The Kier molecular flexibility index (Phi) is 8.06. The van der Waals surface area contributed by atoms with Gasteiger partial charge >= 0.3 is 0 Å². The molecule has 166 valence electrons. The molecular weight excluding hydrogens is 390 g/mol. The fourth-order valence-electron chi connectivity index (χ4n) is 3.77. The molecule has 0 aromatic heterocycles. The van der Waals surface area contributed by atoms with Gasteiger partial charge in [0.15, 0.2) is 6.61 Å². The Labute approximate surface area is 185 Å². The van der Waals surface area contributed by atoms with Crippen molar-refractivity contribution in [2.45, 2.75) is 32.9 Å². The van der Waals surface area contributed by atoms with Crippen molar-refractivity contribution in [2.24, 2.45) is 0 Å². The fraction of sp³-hybridized carbons (Fsp3) is 0.440. The molecule has 0 N–H and O–H groups in total. The number of fused-ring (bicyclic) bond motifs is 1. The van der Waals surface area contributed by atoms with Gasteiger partial charge in [-0.3, -0.25) is 9.59 Å². The minimum absolute atomic E-state index is 0.0154. The molecule has 0 bridgehead atoms. The van der Waals surface area contributed by atoms with E-state index in [0.29, 0.717) is 31.8 Å².